The molecule has 2 aromatic rings. The van der Waals surface area contributed by atoms with Crippen molar-refractivity contribution in [3.63, 3.8) is 0 Å². The summed E-state index contributed by atoms with van der Waals surface area (Å²) in [4.78, 5) is 8.84. The van der Waals surface area contributed by atoms with Crippen molar-refractivity contribution in [1.29, 1.82) is 0 Å². The van der Waals surface area contributed by atoms with Gasteiger partial charge in [-0.1, -0.05) is 13.8 Å². The number of benzene rings is 1. The highest BCUT2D eigenvalue weighted by molar-refractivity contribution is 5.74. The summed E-state index contributed by atoms with van der Waals surface area (Å²) in [5.74, 6) is 0.365. The molecule has 1 aliphatic rings. The number of fused-ring (bicyclic) bond motifs is 3. The highest BCUT2D eigenvalue weighted by atomic mass is 16.3. The van der Waals surface area contributed by atoms with E-state index in [-0.39, 0.29) is 5.41 Å². The van der Waals surface area contributed by atoms with Gasteiger partial charge in [-0.2, -0.15) is 0 Å². The van der Waals surface area contributed by atoms with Crippen LogP contribution in [0.15, 0.2) is 18.5 Å². The van der Waals surface area contributed by atoms with E-state index in [4.69, 9.17) is 0 Å². The predicted molar refractivity (Wildman–Crippen MR) is 75.3 cm³/mol. The minimum Gasteiger partial charge on any atom is -0.508 e. The van der Waals surface area contributed by atoms with Gasteiger partial charge in [0.1, 0.15) is 12.1 Å². The van der Waals surface area contributed by atoms with Gasteiger partial charge in [0.25, 0.3) is 0 Å². The number of hydrogen-bond donors (Lipinski definition) is 1. The van der Waals surface area contributed by atoms with Gasteiger partial charge in [-0.15, -0.1) is 0 Å². The van der Waals surface area contributed by atoms with Crippen LogP contribution in [-0.2, 0) is 11.8 Å². The van der Waals surface area contributed by atoms with Crippen LogP contribution in [0.5, 0.6) is 5.75 Å². The van der Waals surface area contributed by atoms with Crippen LogP contribution in [-0.4, -0.2) is 15.1 Å². The highest BCUT2D eigenvalue weighted by Crippen LogP contribution is 2.45. The van der Waals surface area contributed by atoms with Gasteiger partial charge in [-0.05, 0) is 48.9 Å². The highest BCUT2D eigenvalue weighted by Gasteiger charge is 2.34. The molecule has 0 saturated heterocycles. The van der Waals surface area contributed by atoms with E-state index in [0.29, 0.717) is 5.75 Å². The van der Waals surface area contributed by atoms with Crippen molar-refractivity contribution in [3.05, 3.63) is 40.8 Å². The molecule has 0 bridgehead atoms. The van der Waals surface area contributed by atoms with Crippen molar-refractivity contribution in [1.82, 2.24) is 9.97 Å². The first-order valence-corrected chi connectivity index (χ1v) is 6.56. The summed E-state index contributed by atoms with van der Waals surface area (Å²) in [5, 5.41) is 9.92. The summed E-state index contributed by atoms with van der Waals surface area (Å²) in [7, 11) is 0. The number of hydrogen-bond acceptors (Lipinski definition) is 3. The fourth-order valence-electron chi connectivity index (χ4n) is 3.21. The third-order valence-corrected chi connectivity index (χ3v) is 4.16. The van der Waals surface area contributed by atoms with Gasteiger partial charge in [0, 0.05) is 16.8 Å². The SMILES string of the molecule is Cc1ncnc2c1C(C)(C)Cc1c-2ccc(O)c1C. The van der Waals surface area contributed by atoms with E-state index in [9.17, 15) is 5.11 Å². The van der Waals surface area contributed by atoms with Gasteiger partial charge in [-0.25, -0.2) is 9.97 Å². The summed E-state index contributed by atoms with van der Waals surface area (Å²) in [6.07, 6.45) is 2.53. The molecule has 0 fully saturated rings. The minimum absolute atomic E-state index is 0.00771. The molecule has 1 N–H and O–H groups in total. The molecule has 1 heterocycles. The molecule has 0 radical (unpaired) electrons. The molecule has 19 heavy (non-hydrogen) atoms. The van der Waals surface area contributed by atoms with Gasteiger partial charge in [0.2, 0.25) is 0 Å². The lowest BCUT2D eigenvalue weighted by atomic mass is 9.70. The second kappa shape index (κ2) is 3.80. The van der Waals surface area contributed by atoms with E-state index < -0.39 is 0 Å². The first-order valence-electron chi connectivity index (χ1n) is 6.56. The Kier molecular flexibility index (Phi) is 2.43. The molecule has 1 aromatic heterocycles. The third kappa shape index (κ3) is 1.65. The molecule has 1 aliphatic carbocycles. The van der Waals surface area contributed by atoms with E-state index in [1.807, 2.05) is 19.9 Å². The summed E-state index contributed by atoms with van der Waals surface area (Å²) in [6, 6.07) is 3.73. The molecule has 0 unspecified atom stereocenters. The van der Waals surface area contributed by atoms with Gasteiger partial charge in [0.15, 0.2) is 0 Å². The number of aromatic hydroxyl groups is 1. The molecular formula is C16H18N2O. The smallest absolute Gasteiger partial charge is 0.118 e. The van der Waals surface area contributed by atoms with Crippen LogP contribution in [0.4, 0.5) is 0 Å². The zero-order valence-electron chi connectivity index (χ0n) is 11.8. The molecule has 0 spiro atoms. The molecule has 0 saturated carbocycles. The van der Waals surface area contributed by atoms with Crippen LogP contribution in [0, 0.1) is 13.8 Å². The van der Waals surface area contributed by atoms with Gasteiger partial charge in [-0.3, -0.25) is 0 Å². The average Bonchev–Trinajstić information content (AvgIpc) is 2.34. The molecule has 0 amide bonds. The van der Waals surface area contributed by atoms with Gasteiger partial charge >= 0.3 is 0 Å². The van der Waals surface area contributed by atoms with Crippen molar-refractivity contribution in [3.8, 4) is 17.0 Å². The molecule has 1 aromatic carbocycles. The first-order chi connectivity index (χ1) is 8.92. The predicted octanol–water partition coefficient (Wildman–Crippen LogP) is 3.30. The minimum atomic E-state index is -0.00771. The standard InChI is InChI=1S/C16H18N2O/c1-9-12-7-16(3,4)14-10(2)17-8-18-15(14)11(12)5-6-13(9)19/h5-6,8,19H,7H2,1-4H3. The third-order valence-electron chi connectivity index (χ3n) is 4.16. The number of phenolic OH excluding ortho intramolecular Hbond substituents is 1. The Labute approximate surface area is 113 Å². The Balaban J connectivity index is 2.39. The Morgan fingerprint density at radius 1 is 1.16 bits per heavy atom. The summed E-state index contributed by atoms with van der Waals surface area (Å²) in [5.41, 5.74) is 6.59. The van der Waals surface area contributed by atoms with Crippen LogP contribution in [0.1, 0.15) is 36.2 Å². The largest absolute Gasteiger partial charge is 0.508 e. The van der Waals surface area contributed by atoms with Crippen LogP contribution in [0.25, 0.3) is 11.3 Å². The quantitative estimate of drug-likeness (QED) is 0.784. The second-order valence-electron chi connectivity index (χ2n) is 5.98. The zero-order valence-corrected chi connectivity index (χ0v) is 11.8. The van der Waals surface area contributed by atoms with Crippen molar-refractivity contribution in [2.24, 2.45) is 0 Å². The van der Waals surface area contributed by atoms with Crippen molar-refractivity contribution in [2.45, 2.75) is 39.5 Å². The number of phenols is 1. The number of aromatic nitrogens is 2. The zero-order chi connectivity index (χ0) is 13.8. The van der Waals surface area contributed by atoms with E-state index in [0.717, 1.165) is 28.9 Å². The lowest BCUT2D eigenvalue weighted by Gasteiger charge is -2.35. The Hall–Kier alpha value is -1.90. The number of rotatable bonds is 0. The van der Waals surface area contributed by atoms with Crippen LogP contribution < -0.4 is 0 Å². The summed E-state index contributed by atoms with van der Waals surface area (Å²) < 4.78 is 0. The van der Waals surface area contributed by atoms with E-state index in [2.05, 4.69) is 23.8 Å². The molecule has 3 rings (SSSR count). The normalized spacial score (nSPS) is 15.8. The molecule has 0 atom stereocenters. The molecule has 98 valence electrons. The molecule has 0 aliphatic heterocycles. The van der Waals surface area contributed by atoms with Crippen molar-refractivity contribution >= 4 is 0 Å². The van der Waals surface area contributed by atoms with Crippen molar-refractivity contribution < 1.29 is 5.11 Å². The fraction of sp³-hybridized carbons (Fsp3) is 0.375. The topological polar surface area (TPSA) is 46.0 Å². The van der Waals surface area contributed by atoms with Crippen LogP contribution >= 0.6 is 0 Å². The summed E-state index contributed by atoms with van der Waals surface area (Å²) in [6.45, 7) is 8.45. The Morgan fingerprint density at radius 2 is 1.89 bits per heavy atom. The Morgan fingerprint density at radius 3 is 2.63 bits per heavy atom. The maximum atomic E-state index is 9.92. The van der Waals surface area contributed by atoms with E-state index >= 15 is 0 Å². The summed E-state index contributed by atoms with van der Waals surface area (Å²) >= 11 is 0. The number of nitrogens with zero attached hydrogens (tertiary/aromatic N) is 2. The fourth-order valence-corrected chi connectivity index (χ4v) is 3.21. The van der Waals surface area contributed by atoms with Crippen molar-refractivity contribution in [2.75, 3.05) is 0 Å². The van der Waals surface area contributed by atoms with E-state index in [1.54, 1.807) is 12.4 Å². The second-order valence-corrected chi connectivity index (χ2v) is 5.98. The van der Waals surface area contributed by atoms with Crippen LogP contribution in [0.3, 0.4) is 0 Å². The van der Waals surface area contributed by atoms with Gasteiger partial charge in [0.05, 0.1) is 5.69 Å². The number of aryl methyl sites for hydroxylation is 1. The monoisotopic (exact) mass is 254 g/mol. The van der Waals surface area contributed by atoms with Crippen LogP contribution in [0.2, 0.25) is 0 Å². The molecular weight excluding hydrogens is 236 g/mol. The van der Waals surface area contributed by atoms with E-state index in [1.165, 1.54) is 11.1 Å². The Bertz CT molecular complexity index is 675. The van der Waals surface area contributed by atoms with Gasteiger partial charge < -0.3 is 5.11 Å². The maximum absolute atomic E-state index is 9.92. The lowest BCUT2D eigenvalue weighted by molar-refractivity contribution is 0.464. The lowest BCUT2D eigenvalue weighted by Crippen LogP contribution is -2.28. The average molecular weight is 254 g/mol. The maximum Gasteiger partial charge on any atom is 0.118 e. The molecule has 3 heteroatoms. The molecule has 3 nitrogen and oxygen atoms in total. The first kappa shape index (κ1) is 12.2.